The summed E-state index contributed by atoms with van der Waals surface area (Å²) in [6.45, 7) is -1.82. The van der Waals surface area contributed by atoms with Gasteiger partial charge < -0.3 is 14.2 Å². The minimum atomic E-state index is -3.23. The smallest absolute Gasteiger partial charge is 0.387 e. The van der Waals surface area contributed by atoms with Gasteiger partial charge in [0.05, 0.1) is 0 Å². The normalized spacial score (nSPS) is 25.0. The summed E-state index contributed by atoms with van der Waals surface area (Å²) < 4.78 is 90.2. The van der Waals surface area contributed by atoms with Crippen molar-refractivity contribution in [2.75, 3.05) is 11.4 Å². The van der Waals surface area contributed by atoms with Gasteiger partial charge in [0.25, 0.3) is 5.89 Å². The lowest BCUT2D eigenvalue weighted by atomic mass is 9.53. The monoisotopic (exact) mass is 635 g/mol. The number of nitrogens with zero attached hydrogens (tertiary/aromatic N) is 3. The molecule has 0 unspecified atom stereocenters. The molecule has 12 heteroatoms. The second-order valence-electron chi connectivity index (χ2n) is 13.1. The van der Waals surface area contributed by atoms with E-state index in [1.54, 1.807) is 17.0 Å². The van der Waals surface area contributed by atoms with Gasteiger partial charge in [-0.15, -0.1) is 0 Å². The first-order valence-electron chi connectivity index (χ1n) is 15.3. The van der Waals surface area contributed by atoms with Crippen LogP contribution in [0.25, 0.3) is 11.1 Å². The average Bonchev–Trinajstić information content (AvgIpc) is 3.53. The lowest BCUT2D eigenvalue weighted by Crippen LogP contribution is -2.52. The van der Waals surface area contributed by atoms with E-state index < -0.39 is 35.7 Å². The van der Waals surface area contributed by atoms with Crippen LogP contribution < -0.4 is 9.64 Å². The fourth-order valence-corrected chi connectivity index (χ4v) is 7.27. The van der Waals surface area contributed by atoms with Crippen LogP contribution in [-0.4, -0.2) is 35.1 Å². The van der Waals surface area contributed by atoms with Gasteiger partial charge in [-0.05, 0) is 92.2 Å². The third-order valence-corrected chi connectivity index (χ3v) is 10.1. The first kappa shape index (κ1) is 31.4. The molecular weight excluding hydrogens is 600 g/mol. The van der Waals surface area contributed by atoms with Crippen LogP contribution in [0.1, 0.15) is 82.8 Å². The number of amides is 1. The fourth-order valence-electron chi connectivity index (χ4n) is 7.27. The molecule has 4 saturated carbocycles. The number of carbonyl (C=O) groups excluding carboxylic acids is 1. The summed E-state index contributed by atoms with van der Waals surface area (Å²) in [5, 5.41) is 3.93. The standard InChI is InChI=1S/C33H35F6N3O3/c1-30(36,37)28-40-27(41-45-28)32-16-13-31(14-17-32,15-18-32)20-42(26(43)22-9-11-33(38,39)12-10-22)24-4-2-3-23(19-24)21-5-7-25(8-6-21)44-29(34)35/h2-8,19,22,29H,9-18,20H2,1H3. The van der Waals surface area contributed by atoms with Crippen LogP contribution in [0.15, 0.2) is 53.1 Å². The van der Waals surface area contributed by atoms with Crippen LogP contribution in [0.2, 0.25) is 0 Å². The van der Waals surface area contributed by atoms with Gasteiger partial charge in [-0.2, -0.15) is 22.5 Å². The second kappa shape index (κ2) is 11.7. The first-order valence-corrected chi connectivity index (χ1v) is 15.3. The Morgan fingerprint density at radius 3 is 2.20 bits per heavy atom. The molecular formula is C33H35F6N3O3. The number of hydrogen-bond donors (Lipinski definition) is 0. The van der Waals surface area contributed by atoms with Gasteiger partial charge in [-0.1, -0.05) is 29.4 Å². The number of hydrogen-bond acceptors (Lipinski definition) is 5. The maximum absolute atomic E-state index is 14.1. The van der Waals surface area contributed by atoms with E-state index in [0.717, 1.165) is 37.3 Å². The number of alkyl halides is 6. The Morgan fingerprint density at radius 2 is 1.62 bits per heavy atom. The molecule has 2 aromatic carbocycles. The Morgan fingerprint density at radius 1 is 0.978 bits per heavy atom. The minimum Gasteiger partial charge on any atom is -0.435 e. The molecule has 3 aromatic rings. The van der Waals surface area contributed by atoms with Crippen LogP contribution in [0.3, 0.4) is 0 Å². The van der Waals surface area contributed by atoms with Gasteiger partial charge in [0.2, 0.25) is 11.8 Å². The molecule has 0 saturated heterocycles. The summed E-state index contributed by atoms with van der Waals surface area (Å²) in [7, 11) is 0. The molecule has 1 amide bonds. The van der Waals surface area contributed by atoms with E-state index in [2.05, 4.69) is 14.9 Å². The molecule has 0 radical (unpaired) electrons. The van der Waals surface area contributed by atoms with E-state index in [-0.39, 0.29) is 42.8 Å². The van der Waals surface area contributed by atoms with Crippen molar-refractivity contribution < 1.29 is 40.4 Å². The zero-order valence-electron chi connectivity index (χ0n) is 24.9. The van der Waals surface area contributed by atoms with Crippen molar-refractivity contribution in [3.8, 4) is 16.9 Å². The van der Waals surface area contributed by atoms with E-state index in [1.807, 2.05) is 24.3 Å². The molecule has 4 fully saturated rings. The Hall–Kier alpha value is -3.57. The summed E-state index contributed by atoms with van der Waals surface area (Å²) in [4.78, 5) is 19.9. The number of anilines is 1. The van der Waals surface area contributed by atoms with Crippen molar-refractivity contribution in [1.82, 2.24) is 10.1 Å². The van der Waals surface area contributed by atoms with Crippen LogP contribution >= 0.6 is 0 Å². The zero-order valence-corrected chi connectivity index (χ0v) is 24.9. The molecule has 242 valence electrons. The molecule has 4 aliphatic carbocycles. The highest BCUT2D eigenvalue weighted by Crippen LogP contribution is 2.58. The topological polar surface area (TPSA) is 68.5 Å². The first-order chi connectivity index (χ1) is 21.3. The SMILES string of the molecule is CC(F)(F)c1nc(C23CCC(CN(C(=O)C4CCC(F)(F)CC4)c4cccc(-c5ccc(OC(F)F)cc5)c4)(CC2)CC3)no1. The van der Waals surface area contributed by atoms with Crippen molar-refractivity contribution in [1.29, 1.82) is 0 Å². The molecule has 4 aliphatic rings. The third kappa shape index (κ3) is 6.56. The Labute approximate surface area is 257 Å². The summed E-state index contributed by atoms with van der Waals surface area (Å²) in [6, 6.07) is 13.6. The second-order valence-corrected chi connectivity index (χ2v) is 13.1. The van der Waals surface area contributed by atoms with Crippen LogP contribution in [0.5, 0.6) is 5.75 Å². The van der Waals surface area contributed by atoms with Gasteiger partial charge in [0.15, 0.2) is 5.82 Å². The maximum Gasteiger partial charge on any atom is 0.387 e. The van der Waals surface area contributed by atoms with Gasteiger partial charge in [-0.3, -0.25) is 4.79 Å². The summed E-state index contributed by atoms with van der Waals surface area (Å²) in [5.41, 5.74) is 1.42. The Bertz CT molecular complexity index is 1490. The molecule has 0 atom stereocenters. The third-order valence-electron chi connectivity index (χ3n) is 10.1. The van der Waals surface area contributed by atoms with Crippen LogP contribution in [-0.2, 0) is 16.1 Å². The largest absolute Gasteiger partial charge is 0.435 e. The van der Waals surface area contributed by atoms with E-state index in [4.69, 9.17) is 4.52 Å². The summed E-state index contributed by atoms with van der Waals surface area (Å²) in [5.74, 6) is -7.08. The number of ether oxygens (including phenoxy) is 1. The number of aromatic nitrogens is 2. The molecule has 1 aromatic heterocycles. The van der Waals surface area contributed by atoms with Gasteiger partial charge >= 0.3 is 12.5 Å². The predicted octanol–water partition coefficient (Wildman–Crippen LogP) is 8.90. The molecule has 6 nitrogen and oxygen atoms in total. The number of carbonyl (C=O) groups is 1. The van der Waals surface area contributed by atoms with Gasteiger partial charge in [0, 0.05) is 43.3 Å². The number of fused-ring (bicyclic) bond motifs is 3. The van der Waals surface area contributed by atoms with Crippen molar-refractivity contribution in [3.63, 3.8) is 0 Å². The molecule has 2 bridgehead atoms. The van der Waals surface area contributed by atoms with E-state index in [1.165, 1.54) is 12.1 Å². The molecule has 45 heavy (non-hydrogen) atoms. The average molecular weight is 636 g/mol. The number of rotatable bonds is 9. The quantitative estimate of drug-likeness (QED) is 0.220. The van der Waals surface area contributed by atoms with Gasteiger partial charge in [-0.25, -0.2) is 8.78 Å². The van der Waals surface area contributed by atoms with Gasteiger partial charge in [0.1, 0.15) is 5.75 Å². The molecule has 7 rings (SSSR count). The number of benzene rings is 2. The van der Waals surface area contributed by atoms with Crippen molar-refractivity contribution in [3.05, 3.63) is 60.2 Å². The van der Waals surface area contributed by atoms with Crippen LogP contribution in [0.4, 0.5) is 32.0 Å². The Kier molecular flexibility index (Phi) is 8.14. The summed E-state index contributed by atoms with van der Waals surface area (Å²) in [6.07, 6.45) is 3.68. The zero-order chi connectivity index (χ0) is 32.0. The summed E-state index contributed by atoms with van der Waals surface area (Å²) >= 11 is 0. The number of halogens is 6. The van der Waals surface area contributed by atoms with Crippen molar-refractivity contribution >= 4 is 11.6 Å². The molecule has 0 spiro atoms. The van der Waals surface area contributed by atoms with Crippen molar-refractivity contribution in [2.45, 2.75) is 95.0 Å². The fraction of sp³-hybridized carbons (Fsp3) is 0.545. The highest BCUT2D eigenvalue weighted by atomic mass is 19.3. The predicted molar refractivity (Wildman–Crippen MR) is 153 cm³/mol. The van der Waals surface area contributed by atoms with E-state index >= 15 is 0 Å². The van der Waals surface area contributed by atoms with E-state index in [9.17, 15) is 31.1 Å². The molecule has 1 heterocycles. The highest BCUT2D eigenvalue weighted by Gasteiger charge is 2.53. The lowest BCUT2D eigenvalue weighted by molar-refractivity contribution is -0.127. The molecule has 0 N–H and O–H groups in total. The van der Waals surface area contributed by atoms with E-state index in [0.29, 0.717) is 37.3 Å². The highest BCUT2D eigenvalue weighted by molar-refractivity contribution is 5.96. The maximum atomic E-state index is 14.1. The van der Waals surface area contributed by atoms with Crippen LogP contribution in [0, 0.1) is 11.3 Å². The Balaban J connectivity index is 1.25. The minimum absolute atomic E-state index is 0.0287. The van der Waals surface area contributed by atoms with Crippen molar-refractivity contribution in [2.24, 2.45) is 11.3 Å². The molecule has 0 aliphatic heterocycles. The lowest BCUT2D eigenvalue weighted by Gasteiger charge is -2.53.